The van der Waals surface area contributed by atoms with Crippen LogP contribution >= 0.6 is 11.6 Å². The van der Waals surface area contributed by atoms with Gasteiger partial charge < -0.3 is 10.1 Å². The SMILES string of the molecule is COc1ccc([C@@H]2C[C@H](c3ccc(Cl)cc3)Nc3ncnn32)cc1. The smallest absolute Gasteiger partial charge is 0.222 e. The third kappa shape index (κ3) is 2.71. The molecule has 122 valence electrons. The van der Waals surface area contributed by atoms with Crippen LogP contribution in [0.15, 0.2) is 54.9 Å². The van der Waals surface area contributed by atoms with Crippen molar-refractivity contribution in [1.82, 2.24) is 14.8 Å². The van der Waals surface area contributed by atoms with Gasteiger partial charge in [0, 0.05) is 5.02 Å². The number of anilines is 1. The topological polar surface area (TPSA) is 52.0 Å². The fourth-order valence-corrected chi connectivity index (χ4v) is 3.26. The monoisotopic (exact) mass is 340 g/mol. The van der Waals surface area contributed by atoms with Crippen LogP contribution in [0.4, 0.5) is 5.95 Å². The summed E-state index contributed by atoms with van der Waals surface area (Å²) in [6.45, 7) is 0. The molecule has 24 heavy (non-hydrogen) atoms. The molecule has 1 aliphatic rings. The second-order valence-corrected chi connectivity index (χ2v) is 6.24. The number of rotatable bonds is 3. The largest absolute Gasteiger partial charge is 0.497 e. The van der Waals surface area contributed by atoms with Crippen molar-refractivity contribution < 1.29 is 4.74 Å². The molecule has 4 rings (SSSR count). The second-order valence-electron chi connectivity index (χ2n) is 5.80. The molecule has 0 saturated heterocycles. The lowest BCUT2D eigenvalue weighted by molar-refractivity contribution is 0.411. The normalized spacial score (nSPS) is 19.4. The molecule has 0 saturated carbocycles. The van der Waals surface area contributed by atoms with Gasteiger partial charge in [0.15, 0.2) is 0 Å². The first-order valence-electron chi connectivity index (χ1n) is 7.80. The Labute approximate surface area is 145 Å². The lowest BCUT2D eigenvalue weighted by Crippen LogP contribution is -2.28. The molecule has 1 N–H and O–H groups in total. The van der Waals surface area contributed by atoms with Crippen molar-refractivity contribution in [3.63, 3.8) is 0 Å². The third-order valence-corrected chi connectivity index (χ3v) is 4.66. The average Bonchev–Trinajstić information content (AvgIpc) is 3.10. The van der Waals surface area contributed by atoms with Gasteiger partial charge in [0.25, 0.3) is 0 Å². The Morgan fingerprint density at radius 1 is 1.08 bits per heavy atom. The highest BCUT2D eigenvalue weighted by Crippen LogP contribution is 2.37. The van der Waals surface area contributed by atoms with Crippen molar-refractivity contribution in [2.45, 2.75) is 18.5 Å². The summed E-state index contributed by atoms with van der Waals surface area (Å²) in [6, 6.07) is 16.3. The zero-order valence-corrected chi connectivity index (χ0v) is 13.9. The van der Waals surface area contributed by atoms with Crippen molar-refractivity contribution in [2.75, 3.05) is 12.4 Å². The maximum absolute atomic E-state index is 6.01. The van der Waals surface area contributed by atoms with Crippen molar-refractivity contribution in [3.05, 3.63) is 71.0 Å². The number of methoxy groups -OCH3 is 1. The number of ether oxygens (including phenoxy) is 1. The minimum absolute atomic E-state index is 0.121. The first-order chi connectivity index (χ1) is 11.7. The van der Waals surface area contributed by atoms with Gasteiger partial charge in [-0.15, -0.1) is 0 Å². The van der Waals surface area contributed by atoms with E-state index in [0.29, 0.717) is 0 Å². The van der Waals surface area contributed by atoms with Gasteiger partial charge in [-0.3, -0.25) is 0 Å². The van der Waals surface area contributed by atoms with Gasteiger partial charge in [0.05, 0.1) is 19.2 Å². The van der Waals surface area contributed by atoms with Crippen LogP contribution in [0.25, 0.3) is 0 Å². The van der Waals surface area contributed by atoms with E-state index in [4.69, 9.17) is 16.3 Å². The Hall–Kier alpha value is -2.53. The highest BCUT2D eigenvalue weighted by molar-refractivity contribution is 6.30. The van der Waals surface area contributed by atoms with E-state index in [2.05, 4.69) is 39.7 Å². The summed E-state index contributed by atoms with van der Waals surface area (Å²) >= 11 is 6.01. The van der Waals surface area contributed by atoms with E-state index in [1.54, 1.807) is 13.4 Å². The summed E-state index contributed by atoms with van der Waals surface area (Å²) in [7, 11) is 1.67. The molecule has 2 aromatic carbocycles. The second kappa shape index (κ2) is 6.17. The van der Waals surface area contributed by atoms with Gasteiger partial charge in [-0.05, 0) is 41.8 Å². The summed E-state index contributed by atoms with van der Waals surface area (Å²) in [4.78, 5) is 4.35. The predicted octanol–water partition coefficient (Wildman–Crippen LogP) is 4.09. The summed E-state index contributed by atoms with van der Waals surface area (Å²) in [5.74, 6) is 1.63. The zero-order valence-electron chi connectivity index (χ0n) is 13.2. The fraction of sp³-hybridized carbons (Fsp3) is 0.222. The minimum Gasteiger partial charge on any atom is -0.497 e. The van der Waals surface area contributed by atoms with Crippen LogP contribution in [-0.4, -0.2) is 21.9 Å². The van der Waals surface area contributed by atoms with Crippen LogP contribution in [0, 0.1) is 0 Å². The third-order valence-electron chi connectivity index (χ3n) is 4.40. The van der Waals surface area contributed by atoms with Crippen molar-refractivity contribution >= 4 is 17.5 Å². The molecule has 1 aliphatic heterocycles. The number of hydrogen-bond donors (Lipinski definition) is 1. The number of nitrogens with zero attached hydrogens (tertiary/aromatic N) is 3. The van der Waals surface area contributed by atoms with Crippen LogP contribution in [-0.2, 0) is 0 Å². The molecule has 0 fully saturated rings. The Morgan fingerprint density at radius 2 is 1.79 bits per heavy atom. The molecule has 5 nitrogen and oxygen atoms in total. The van der Waals surface area contributed by atoms with E-state index in [9.17, 15) is 0 Å². The fourth-order valence-electron chi connectivity index (χ4n) is 3.14. The highest BCUT2D eigenvalue weighted by atomic mass is 35.5. The van der Waals surface area contributed by atoms with Crippen LogP contribution < -0.4 is 10.1 Å². The number of benzene rings is 2. The van der Waals surface area contributed by atoms with Crippen molar-refractivity contribution in [1.29, 1.82) is 0 Å². The molecule has 0 aliphatic carbocycles. The Morgan fingerprint density at radius 3 is 2.50 bits per heavy atom. The van der Waals surface area contributed by atoms with E-state index in [1.165, 1.54) is 11.1 Å². The minimum atomic E-state index is 0.121. The van der Waals surface area contributed by atoms with E-state index in [1.807, 2.05) is 28.9 Å². The molecule has 0 bridgehead atoms. The number of hydrogen-bond acceptors (Lipinski definition) is 4. The quantitative estimate of drug-likeness (QED) is 0.780. The molecule has 0 spiro atoms. The molecule has 0 radical (unpaired) electrons. The first kappa shape index (κ1) is 15.0. The average molecular weight is 341 g/mol. The highest BCUT2D eigenvalue weighted by Gasteiger charge is 2.29. The first-order valence-corrected chi connectivity index (χ1v) is 8.18. The Kier molecular flexibility index (Phi) is 3.86. The van der Waals surface area contributed by atoms with Crippen LogP contribution in [0.5, 0.6) is 5.75 Å². The summed E-state index contributed by atoms with van der Waals surface area (Å²) < 4.78 is 7.19. The summed E-state index contributed by atoms with van der Waals surface area (Å²) in [6.07, 6.45) is 2.47. The molecule has 1 aromatic heterocycles. The maximum atomic E-state index is 6.01. The standard InChI is InChI=1S/C18H17ClN4O/c1-24-15-8-4-13(5-9-15)17-10-16(12-2-6-14(19)7-3-12)22-18-20-11-21-23(17)18/h2-9,11,16-17H,10H2,1H3,(H,20,21,22)/t16-,17+/m1/s1. The van der Waals surface area contributed by atoms with E-state index >= 15 is 0 Å². The van der Waals surface area contributed by atoms with Gasteiger partial charge in [-0.25, -0.2) is 4.68 Å². The molecule has 3 aromatic rings. The maximum Gasteiger partial charge on any atom is 0.222 e. The molecule has 2 atom stereocenters. The summed E-state index contributed by atoms with van der Waals surface area (Å²) in [5.41, 5.74) is 2.37. The lowest BCUT2D eigenvalue weighted by Gasteiger charge is -2.31. The number of fused-ring (bicyclic) bond motifs is 1. The Bertz CT molecular complexity index is 829. The van der Waals surface area contributed by atoms with Gasteiger partial charge in [0.1, 0.15) is 12.1 Å². The van der Waals surface area contributed by atoms with Crippen molar-refractivity contribution in [3.8, 4) is 5.75 Å². The number of halogens is 1. The number of aromatic nitrogens is 3. The van der Waals surface area contributed by atoms with Gasteiger partial charge >= 0.3 is 0 Å². The molecule has 0 amide bonds. The molecule has 6 heteroatoms. The van der Waals surface area contributed by atoms with Gasteiger partial charge in [0.2, 0.25) is 5.95 Å². The van der Waals surface area contributed by atoms with Crippen LogP contribution in [0.3, 0.4) is 0 Å². The van der Waals surface area contributed by atoms with E-state index in [-0.39, 0.29) is 12.1 Å². The molecular weight excluding hydrogens is 324 g/mol. The molecule has 2 heterocycles. The van der Waals surface area contributed by atoms with Gasteiger partial charge in [-0.1, -0.05) is 35.9 Å². The van der Waals surface area contributed by atoms with Crippen LogP contribution in [0.2, 0.25) is 5.02 Å². The molecular formula is C18H17ClN4O. The molecule has 0 unspecified atom stereocenters. The van der Waals surface area contributed by atoms with Crippen LogP contribution in [0.1, 0.15) is 29.6 Å². The zero-order chi connectivity index (χ0) is 16.5. The van der Waals surface area contributed by atoms with E-state index in [0.717, 1.165) is 23.1 Å². The number of nitrogens with one attached hydrogen (secondary N) is 1. The predicted molar refractivity (Wildman–Crippen MR) is 93.6 cm³/mol. The van der Waals surface area contributed by atoms with Gasteiger partial charge in [-0.2, -0.15) is 10.1 Å². The van der Waals surface area contributed by atoms with E-state index < -0.39 is 0 Å². The lowest BCUT2D eigenvalue weighted by atomic mass is 9.93. The Balaban J connectivity index is 1.69. The van der Waals surface area contributed by atoms with Crippen molar-refractivity contribution in [2.24, 2.45) is 0 Å². The summed E-state index contributed by atoms with van der Waals surface area (Å²) in [5, 5.41) is 8.59.